The van der Waals surface area contributed by atoms with Gasteiger partial charge in [-0.3, -0.25) is 0 Å². The zero-order chi connectivity index (χ0) is 11.1. The van der Waals surface area contributed by atoms with E-state index in [2.05, 4.69) is 39.0 Å². The molecule has 1 nitrogen and oxygen atoms in total. The van der Waals surface area contributed by atoms with Crippen molar-refractivity contribution in [1.29, 1.82) is 0 Å². The molecule has 1 aromatic rings. The lowest BCUT2D eigenvalue weighted by Gasteiger charge is -2.28. The lowest BCUT2D eigenvalue weighted by atomic mass is 9.85. The molecule has 1 N–H and O–H groups in total. The molecule has 1 aliphatic rings. The van der Waals surface area contributed by atoms with Crippen LogP contribution in [0.5, 0.6) is 0 Å². The fourth-order valence-corrected chi connectivity index (χ4v) is 2.30. The Hall–Kier alpha value is -0.820. The van der Waals surface area contributed by atoms with E-state index in [1.807, 2.05) is 0 Å². The van der Waals surface area contributed by atoms with Crippen LogP contribution in [0, 0.1) is 19.8 Å². The second-order valence-electron chi connectivity index (χ2n) is 4.85. The van der Waals surface area contributed by atoms with Gasteiger partial charge >= 0.3 is 0 Å². The Bertz CT molecular complexity index is 366. The smallest absolute Gasteiger partial charge is 0.0922 e. The molecule has 15 heavy (non-hydrogen) atoms. The van der Waals surface area contributed by atoms with Crippen molar-refractivity contribution in [3.8, 4) is 0 Å². The number of aryl methyl sites for hydroxylation is 2. The van der Waals surface area contributed by atoms with Crippen LogP contribution in [0.4, 0.5) is 0 Å². The number of aliphatic hydroxyl groups is 1. The molecular weight excluding hydrogens is 184 g/mol. The molecular formula is C14H20O. The third-order valence-corrected chi connectivity index (χ3v) is 3.80. The minimum atomic E-state index is -0.571. The van der Waals surface area contributed by atoms with Crippen molar-refractivity contribution < 1.29 is 5.11 Å². The van der Waals surface area contributed by atoms with Gasteiger partial charge in [-0.1, -0.05) is 25.1 Å². The predicted molar refractivity (Wildman–Crippen MR) is 62.8 cm³/mol. The van der Waals surface area contributed by atoms with Crippen LogP contribution in [0.3, 0.4) is 0 Å². The average Bonchev–Trinajstić information content (AvgIpc) is 3.04. The molecule has 1 atom stereocenters. The van der Waals surface area contributed by atoms with E-state index in [1.54, 1.807) is 0 Å². The molecule has 0 heterocycles. The van der Waals surface area contributed by atoms with E-state index in [9.17, 15) is 5.11 Å². The van der Waals surface area contributed by atoms with Crippen LogP contribution < -0.4 is 0 Å². The van der Waals surface area contributed by atoms with Gasteiger partial charge in [0, 0.05) is 0 Å². The van der Waals surface area contributed by atoms with Gasteiger partial charge in [0.1, 0.15) is 0 Å². The molecule has 0 amide bonds. The molecule has 1 unspecified atom stereocenters. The van der Waals surface area contributed by atoms with Crippen molar-refractivity contribution in [2.75, 3.05) is 0 Å². The van der Waals surface area contributed by atoms with Crippen LogP contribution in [-0.2, 0) is 5.60 Å². The molecule has 1 aliphatic carbocycles. The lowest BCUT2D eigenvalue weighted by molar-refractivity contribution is 0.00884. The van der Waals surface area contributed by atoms with Crippen molar-refractivity contribution in [2.45, 2.75) is 45.6 Å². The quantitative estimate of drug-likeness (QED) is 0.801. The average molecular weight is 204 g/mol. The number of hydrogen-bond donors (Lipinski definition) is 1. The first-order chi connectivity index (χ1) is 7.08. The van der Waals surface area contributed by atoms with Gasteiger partial charge in [-0.2, -0.15) is 0 Å². The van der Waals surface area contributed by atoms with E-state index < -0.39 is 5.60 Å². The van der Waals surface area contributed by atoms with Crippen LogP contribution in [0.2, 0.25) is 0 Å². The van der Waals surface area contributed by atoms with E-state index >= 15 is 0 Å². The first-order valence-electron chi connectivity index (χ1n) is 5.88. The zero-order valence-electron chi connectivity index (χ0n) is 9.88. The van der Waals surface area contributed by atoms with Gasteiger partial charge in [-0.15, -0.1) is 0 Å². The van der Waals surface area contributed by atoms with Crippen molar-refractivity contribution in [3.63, 3.8) is 0 Å². The molecule has 0 radical (unpaired) electrons. The molecule has 0 saturated heterocycles. The molecule has 82 valence electrons. The normalized spacial score (nSPS) is 20.0. The second-order valence-corrected chi connectivity index (χ2v) is 4.85. The fourth-order valence-electron chi connectivity index (χ4n) is 2.30. The highest BCUT2D eigenvalue weighted by molar-refractivity contribution is 5.34. The summed E-state index contributed by atoms with van der Waals surface area (Å²) in [5.74, 6) is 0.490. The monoisotopic (exact) mass is 204 g/mol. The highest BCUT2D eigenvalue weighted by atomic mass is 16.3. The van der Waals surface area contributed by atoms with Gasteiger partial charge in [0.05, 0.1) is 5.60 Å². The lowest BCUT2D eigenvalue weighted by Crippen LogP contribution is -2.27. The summed E-state index contributed by atoms with van der Waals surface area (Å²) >= 11 is 0. The van der Waals surface area contributed by atoms with E-state index in [0.717, 1.165) is 12.0 Å². The third-order valence-electron chi connectivity index (χ3n) is 3.80. The van der Waals surface area contributed by atoms with E-state index in [1.165, 1.54) is 24.0 Å². The summed E-state index contributed by atoms with van der Waals surface area (Å²) < 4.78 is 0. The van der Waals surface area contributed by atoms with Crippen LogP contribution in [0.15, 0.2) is 18.2 Å². The number of rotatable bonds is 3. The van der Waals surface area contributed by atoms with Crippen molar-refractivity contribution in [2.24, 2.45) is 5.92 Å². The minimum Gasteiger partial charge on any atom is -0.385 e. The maximum atomic E-state index is 10.6. The van der Waals surface area contributed by atoms with Crippen LogP contribution in [0.1, 0.15) is 42.9 Å². The Morgan fingerprint density at radius 2 is 1.93 bits per heavy atom. The third kappa shape index (κ3) is 1.81. The van der Waals surface area contributed by atoms with E-state index in [4.69, 9.17) is 0 Å². The summed E-state index contributed by atoms with van der Waals surface area (Å²) in [5.41, 5.74) is 3.11. The van der Waals surface area contributed by atoms with Gasteiger partial charge in [-0.25, -0.2) is 0 Å². The Labute approximate surface area is 92.1 Å². The Morgan fingerprint density at radius 3 is 2.40 bits per heavy atom. The van der Waals surface area contributed by atoms with Crippen molar-refractivity contribution in [3.05, 3.63) is 34.9 Å². The standard InChI is InChI=1S/C14H20O/c1-4-14(15,12-7-8-12)13-6-5-10(2)11(3)9-13/h5-6,9,12,15H,4,7-8H2,1-3H3. The van der Waals surface area contributed by atoms with Gasteiger partial charge in [0.2, 0.25) is 0 Å². The topological polar surface area (TPSA) is 20.2 Å². The minimum absolute atomic E-state index is 0.490. The molecule has 1 fully saturated rings. The van der Waals surface area contributed by atoms with Crippen LogP contribution >= 0.6 is 0 Å². The maximum Gasteiger partial charge on any atom is 0.0922 e. The first kappa shape index (κ1) is 10.7. The summed E-state index contributed by atoms with van der Waals surface area (Å²) in [6.07, 6.45) is 3.18. The fraction of sp³-hybridized carbons (Fsp3) is 0.571. The molecule has 1 heteroatoms. The summed E-state index contributed by atoms with van der Waals surface area (Å²) in [5, 5.41) is 10.6. The maximum absolute atomic E-state index is 10.6. The molecule has 0 spiro atoms. The predicted octanol–water partition coefficient (Wildman–Crippen LogP) is 3.31. The molecule has 0 bridgehead atoms. The Kier molecular flexibility index (Phi) is 2.59. The molecule has 2 rings (SSSR count). The van der Waals surface area contributed by atoms with Crippen LogP contribution in [-0.4, -0.2) is 5.11 Å². The number of hydrogen-bond acceptors (Lipinski definition) is 1. The van der Waals surface area contributed by atoms with Gasteiger partial charge in [0.25, 0.3) is 0 Å². The summed E-state index contributed by atoms with van der Waals surface area (Å²) in [7, 11) is 0. The first-order valence-corrected chi connectivity index (χ1v) is 5.88. The van der Waals surface area contributed by atoms with Crippen molar-refractivity contribution in [1.82, 2.24) is 0 Å². The highest BCUT2D eigenvalue weighted by Gasteiger charge is 2.43. The van der Waals surface area contributed by atoms with E-state index in [-0.39, 0.29) is 0 Å². The summed E-state index contributed by atoms with van der Waals surface area (Å²) in [4.78, 5) is 0. The summed E-state index contributed by atoms with van der Waals surface area (Å²) in [6.45, 7) is 6.30. The Morgan fingerprint density at radius 1 is 1.27 bits per heavy atom. The molecule has 1 aromatic carbocycles. The summed E-state index contributed by atoms with van der Waals surface area (Å²) in [6, 6.07) is 6.36. The van der Waals surface area contributed by atoms with Gasteiger partial charge in [-0.05, 0) is 55.7 Å². The number of benzene rings is 1. The van der Waals surface area contributed by atoms with Crippen molar-refractivity contribution >= 4 is 0 Å². The van der Waals surface area contributed by atoms with Crippen LogP contribution in [0.25, 0.3) is 0 Å². The second kappa shape index (κ2) is 3.64. The largest absolute Gasteiger partial charge is 0.385 e. The van der Waals surface area contributed by atoms with Gasteiger partial charge in [0.15, 0.2) is 0 Å². The van der Waals surface area contributed by atoms with Gasteiger partial charge < -0.3 is 5.11 Å². The highest BCUT2D eigenvalue weighted by Crippen LogP contribution is 2.47. The molecule has 1 saturated carbocycles. The Balaban J connectivity index is 2.38. The molecule has 0 aliphatic heterocycles. The SMILES string of the molecule is CCC(O)(c1ccc(C)c(C)c1)C1CC1. The molecule has 0 aromatic heterocycles. The zero-order valence-corrected chi connectivity index (χ0v) is 9.88. The van der Waals surface area contributed by atoms with E-state index in [0.29, 0.717) is 5.92 Å².